The van der Waals surface area contributed by atoms with Crippen LogP contribution in [0.5, 0.6) is 5.75 Å². The highest BCUT2D eigenvalue weighted by molar-refractivity contribution is 5.73. The number of hydrogen-bond acceptors (Lipinski definition) is 2. The zero-order valence-corrected chi connectivity index (χ0v) is 13.5. The summed E-state index contributed by atoms with van der Waals surface area (Å²) in [5.74, 6) is -0.345. The molecular formula is C19H22O3. The Bertz CT molecular complexity index is 669. The molecule has 1 atom stereocenters. The second kappa shape index (κ2) is 6.65. The highest BCUT2D eigenvalue weighted by Crippen LogP contribution is 2.21. The number of hydrogen-bond donors (Lipinski definition) is 1. The van der Waals surface area contributed by atoms with Gasteiger partial charge in [-0.15, -0.1) is 0 Å². The monoisotopic (exact) mass is 298 g/mol. The molecule has 0 radical (unpaired) electrons. The Balaban J connectivity index is 2.24. The van der Waals surface area contributed by atoms with Gasteiger partial charge in [0, 0.05) is 6.42 Å². The fraction of sp³-hybridized carbons (Fsp3) is 0.316. The van der Waals surface area contributed by atoms with Crippen LogP contribution in [0.15, 0.2) is 36.4 Å². The van der Waals surface area contributed by atoms with Crippen molar-refractivity contribution in [2.45, 2.75) is 40.2 Å². The Morgan fingerprint density at radius 1 is 1.00 bits per heavy atom. The van der Waals surface area contributed by atoms with Crippen LogP contribution >= 0.6 is 0 Å². The summed E-state index contributed by atoms with van der Waals surface area (Å²) in [7, 11) is 0. The maximum Gasteiger partial charge on any atom is 0.345 e. The van der Waals surface area contributed by atoms with Gasteiger partial charge in [-0.2, -0.15) is 0 Å². The van der Waals surface area contributed by atoms with E-state index in [0.29, 0.717) is 12.2 Å². The number of carboxylic acid groups (broad SMARTS) is 1. The molecule has 0 saturated carbocycles. The minimum Gasteiger partial charge on any atom is -0.478 e. The largest absolute Gasteiger partial charge is 0.478 e. The van der Waals surface area contributed by atoms with Crippen LogP contribution in [0.2, 0.25) is 0 Å². The zero-order chi connectivity index (χ0) is 16.3. The third-order valence-electron chi connectivity index (χ3n) is 4.07. The van der Waals surface area contributed by atoms with Crippen molar-refractivity contribution >= 4 is 5.97 Å². The summed E-state index contributed by atoms with van der Waals surface area (Å²) < 4.78 is 5.73. The summed E-state index contributed by atoms with van der Waals surface area (Å²) in [5, 5.41) is 9.48. The van der Waals surface area contributed by atoms with Crippen LogP contribution in [0, 0.1) is 27.7 Å². The number of rotatable bonds is 5. The van der Waals surface area contributed by atoms with Gasteiger partial charge in [-0.25, -0.2) is 4.79 Å². The summed E-state index contributed by atoms with van der Waals surface area (Å²) in [5.41, 5.74) is 5.48. The number of benzene rings is 2. The van der Waals surface area contributed by atoms with Gasteiger partial charge in [-0.3, -0.25) is 0 Å². The normalized spacial score (nSPS) is 12.0. The van der Waals surface area contributed by atoms with Crippen LogP contribution in [-0.4, -0.2) is 17.2 Å². The van der Waals surface area contributed by atoms with Crippen LogP contribution in [-0.2, 0) is 11.2 Å². The highest BCUT2D eigenvalue weighted by Gasteiger charge is 2.22. The molecule has 0 heterocycles. The molecule has 1 N–H and O–H groups in total. The van der Waals surface area contributed by atoms with Gasteiger partial charge in [0.05, 0.1) is 0 Å². The molecule has 0 aliphatic rings. The SMILES string of the molecule is Cc1ccc(OC(Cc2c(C)cccc2C)C(=O)O)cc1C. The smallest absolute Gasteiger partial charge is 0.345 e. The molecule has 2 aromatic rings. The molecule has 0 amide bonds. The lowest BCUT2D eigenvalue weighted by atomic mass is 9.97. The van der Waals surface area contributed by atoms with E-state index in [1.807, 2.05) is 64.1 Å². The quantitative estimate of drug-likeness (QED) is 0.907. The molecule has 0 spiro atoms. The zero-order valence-electron chi connectivity index (χ0n) is 13.5. The van der Waals surface area contributed by atoms with Gasteiger partial charge in [-0.05, 0) is 67.6 Å². The van der Waals surface area contributed by atoms with Crippen LogP contribution < -0.4 is 4.74 Å². The maximum atomic E-state index is 11.6. The topological polar surface area (TPSA) is 46.5 Å². The van der Waals surface area contributed by atoms with Crippen molar-refractivity contribution in [3.8, 4) is 5.75 Å². The molecule has 2 aromatic carbocycles. The molecule has 116 valence electrons. The van der Waals surface area contributed by atoms with Crippen molar-refractivity contribution in [3.63, 3.8) is 0 Å². The summed E-state index contributed by atoms with van der Waals surface area (Å²) >= 11 is 0. The lowest BCUT2D eigenvalue weighted by Crippen LogP contribution is -2.30. The van der Waals surface area contributed by atoms with E-state index < -0.39 is 12.1 Å². The first kappa shape index (κ1) is 16.1. The van der Waals surface area contributed by atoms with Crippen LogP contribution in [0.3, 0.4) is 0 Å². The van der Waals surface area contributed by atoms with E-state index in [4.69, 9.17) is 4.74 Å². The molecule has 0 aliphatic carbocycles. The molecule has 0 aromatic heterocycles. The first-order valence-electron chi connectivity index (χ1n) is 7.40. The van der Waals surface area contributed by atoms with Crippen molar-refractivity contribution in [2.75, 3.05) is 0 Å². The number of aryl methyl sites for hydroxylation is 4. The van der Waals surface area contributed by atoms with E-state index in [2.05, 4.69) is 0 Å². The maximum absolute atomic E-state index is 11.6. The predicted molar refractivity (Wildman–Crippen MR) is 87.6 cm³/mol. The molecule has 3 heteroatoms. The lowest BCUT2D eigenvalue weighted by Gasteiger charge is -2.18. The number of carbonyl (C=O) groups is 1. The molecule has 0 fully saturated rings. The number of ether oxygens (including phenoxy) is 1. The van der Waals surface area contributed by atoms with Crippen molar-refractivity contribution in [3.05, 3.63) is 64.2 Å². The molecular weight excluding hydrogens is 276 g/mol. The predicted octanol–water partition coefficient (Wildman–Crippen LogP) is 3.99. The van der Waals surface area contributed by atoms with E-state index in [0.717, 1.165) is 27.8 Å². The van der Waals surface area contributed by atoms with E-state index in [1.165, 1.54) is 0 Å². The second-order valence-corrected chi connectivity index (χ2v) is 5.77. The number of carboxylic acids is 1. The Morgan fingerprint density at radius 3 is 2.18 bits per heavy atom. The van der Waals surface area contributed by atoms with E-state index in [9.17, 15) is 9.90 Å². The van der Waals surface area contributed by atoms with Gasteiger partial charge in [0.2, 0.25) is 0 Å². The molecule has 22 heavy (non-hydrogen) atoms. The van der Waals surface area contributed by atoms with Crippen molar-refractivity contribution in [1.29, 1.82) is 0 Å². The minimum atomic E-state index is -0.944. The standard InChI is InChI=1S/C19H22O3/c1-12-8-9-16(10-15(12)4)22-18(19(20)21)11-17-13(2)6-5-7-14(17)3/h5-10,18H,11H2,1-4H3,(H,20,21). The summed E-state index contributed by atoms with van der Waals surface area (Å²) in [6.07, 6.45) is -0.525. The van der Waals surface area contributed by atoms with Gasteiger partial charge < -0.3 is 9.84 Å². The molecule has 3 nitrogen and oxygen atoms in total. The van der Waals surface area contributed by atoms with Crippen LogP contribution in [0.1, 0.15) is 27.8 Å². The molecule has 0 saturated heterocycles. The molecule has 2 rings (SSSR count). The van der Waals surface area contributed by atoms with Crippen LogP contribution in [0.25, 0.3) is 0 Å². The lowest BCUT2D eigenvalue weighted by molar-refractivity contribution is -0.145. The van der Waals surface area contributed by atoms with Crippen molar-refractivity contribution < 1.29 is 14.6 Å². The van der Waals surface area contributed by atoms with E-state index in [1.54, 1.807) is 0 Å². The Morgan fingerprint density at radius 2 is 1.64 bits per heavy atom. The summed E-state index contributed by atoms with van der Waals surface area (Å²) in [6.45, 7) is 8.00. The van der Waals surface area contributed by atoms with Crippen LogP contribution in [0.4, 0.5) is 0 Å². The third-order valence-corrected chi connectivity index (χ3v) is 4.07. The average molecular weight is 298 g/mol. The van der Waals surface area contributed by atoms with E-state index in [-0.39, 0.29) is 0 Å². The molecule has 0 aliphatic heterocycles. The van der Waals surface area contributed by atoms with Gasteiger partial charge in [-0.1, -0.05) is 24.3 Å². The third kappa shape index (κ3) is 3.67. The fourth-order valence-electron chi connectivity index (χ4n) is 2.49. The average Bonchev–Trinajstić information content (AvgIpc) is 2.45. The van der Waals surface area contributed by atoms with Gasteiger partial charge in [0.25, 0.3) is 0 Å². The second-order valence-electron chi connectivity index (χ2n) is 5.77. The molecule has 0 bridgehead atoms. The first-order chi connectivity index (χ1) is 10.4. The Hall–Kier alpha value is -2.29. The van der Waals surface area contributed by atoms with E-state index >= 15 is 0 Å². The van der Waals surface area contributed by atoms with Gasteiger partial charge in [0.1, 0.15) is 5.75 Å². The summed E-state index contributed by atoms with van der Waals surface area (Å²) in [4.78, 5) is 11.6. The van der Waals surface area contributed by atoms with Crippen molar-refractivity contribution in [1.82, 2.24) is 0 Å². The first-order valence-corrected chi connectivity index (χ1v) is 7.40. The van der Waals surface area contributed by atoms with Gasteiger partial charge in [0.15, 0.2) is 6.10 Å². The fourth-order valence-corrected chi connectivity index (χ4v) is 2.49. The van der Waals surface area contributed by atoms with Gasteiger partial charge >= 0.3 is 5.97 Å². The summed E-state index contributed by atoms with van der Waals surface area (Å²) in [6, 6.07) is 11.6. The number of aliphatic carboxylic acids is 1. The Kier molecular flexibility index (Phi) is 4.86. The minimum absolute atomic E-state index is 0.362. The van der Waals surface area contributed by atoms with Crippen molar-refractivity contribution in [2.24, 2.45) is 0 Å². The molecule has 1 unspecified atom stereocenters. The Labute approximate surface area is 131 Å². The highest BCUT2D eigenvalue weighted by atomic mass is 16.5.